The molecule has 8 heteroatoms. The summed E-state index contributed by atoms with van der Waals surface area (Å²) in [5, 5.41) is 2.56. The largest absolute Gasteiger partial charge is 0.494 e. The number of hydrogen-bond acceptors (Lipinski definition) is 5. The van der Waals surface area contributed by atoms with Crippen LogP contribution in [0.1, 0.15) is 12.5 Å². The molecule has 0 radical (unpaired) electrons. The minimum atomic E-state index is -3.67. The van der Waals surface area contributed by atoms with Crippen LogP contribution in [0.25, 0.3) is 0 Å². The van der Waals surface area contributed by atoms with Crippen molar-refractivity contribution in [3.63, 3.8) is 0 Å². The van der Waals surface area contributed by atoms with Gasteiger partial charge in [-0.3, -0.25) is 9.78 Å². The first-order chi connectivity index (χ1) is 11.5. The zero-order valence-corrected chi connectivity index (χ0v) is 14.0. The van der Waals surface area contributed by atoms with Crippen LogP contribution in [0.2, 0.25) is 0 Å². The predicted molar refractivity (Wildman–Crippen MR) is 91.1 cm³/mol. The Hall–Kier alpha value is -2.45. The second kappa shape index (κ2) is 8.42. The van der Waals surface area contributed by atoms with E-state index in [1.54, 1.807) is 42.6 Å². The number of aromatic nitrogens is 1. The fourth-order valence-electron chi connectivity index (χ4n) is 1.99. The molecule has 7 nitrogen and oxygen atoms in total. The molecule has 0 fully saturated rings. The molecule has 1 amide bonds. The van der Waals surface area contributed by atoms with Gasteiger partial charge in [-0.1, -0.05) is 18.2 Å². The van der Waals surface area contributed by atoms with Crippen molar-refractivity contribution in [3.8, 4) is 5.75 Å². The summed E-state index contributed by atoms with van der Waals surface area (Å²) >= 11 is 0. The highest BCUT2D eigenvalue weighted by molar-refractivity contribution is 7.88. The fourth-order valence-corrected chi connectivity index (χ4v) is 3.09. The van der Waals surface area contributed by atoms with Crippen LogP contribution >= 0.6 is 0 Å². The lowest BCUT2D eigenvalue weighted by atomic mass is 10.2. The number of hydrogen-bond donors (Lipinski definition) is 2. The molecule has 0 unspecified atom stereocenters. The molecular weight excluding hydrogens is 330 g/mol. The molecule has 24 heavy (non-hydrogen) atoms. The van der Waals surface area contributed by atoms with E-state index in [1.807, 2.05) is 6.92 Å². The van der Waals surface area contributed by atoms with E-state index in [9.17, 15) is 13.2 Å². The molecule has 1 heterocycles. The van der Waals surface area contributed by atoms with Gasteiger partial charge in [-0.2, -0.15) is 0 Å². The van der Waals surface area contributed by atoms with Gasteiger partial charge in [0, 0.05) is 11.8 Å². The van der Waals surface area contributed by atoms with Crippen molar-refractivity contribution in [1.29, 1.82) is 0 Å². The molecule has 0 atom stereocenters. The molecule has 0 saturated carbocycles. The van der Waals surface area contributed by atoms with Crippen LogP contribution in [0.4, 0.5) is 5.69 Å². The Balaban J connectivity index is 1.93. The minimum Gasteiger partial charge on any atom is -0.494 e. The average molecular weight is 349 g/mol. The average Bonchev–Trinajstić information content (AvgIpc) is 2.56. The molecule has 0 bridgehead atoms. The third-order valence-electron chi connectivity index (χ3n) is 3.02. The summed E-state index contributed by atoms with van der Waals surface area (Å²) in [5.41, 5.74) is 1.04. The molecule has 2 rings (SSSR count). The van der Waals surface area contributed by atoms with Crippen LogP contribution in [0.15, 0.2) is 48.8 Å². The van der Waals surface area contributed by atoms with E-state index in [0.717, 1.165) is 0 Å². The number of anilines is 1. The van der Waals surface area contributed by atoms with Gasteiger partial charge in [0.05, 0.1) is 30.8 Å². The molecule has 128 valence electrons. The molecule has 2 N–H and O–H groups in total. The maximum atomic E-state index is 12.2. The van der Waals surface area contributed by atoms with Crippen molar-refractivity contribution >= 4 is 21.6 Å². The summed E-state index contributed by atoms with van der Waals surface area (Å²) < 4.78 is 32.0. The standard InChI is InChI=1S/C16H19N3O4S/c1-2-23-15-8-4-3-6-13(15)12-24(21,22)18-11-16(20)19-14-7-5-9-17-10-14/h3-10,18H,2,11-12H2,1H3,(H,19,20). The number of ether oxygens (including phenoxy) is 1. The zero-order valence-electron chi connectivity index (χ0n) is 13.2. The number of nitrogens with one attached hydrogen (secondary N) is 2. The van der Waals surface area contributed by atoms with Crippen molar-refractivity contribution in [2.75, 3.05) is 18.5 Å². The maximum Gasteiger partial charge on any atom is 0.239 e. The number of pyridine rings is 1. The van der Waals surface area contributed by atoms with Crippen LogP contribution in [-0.2, 0) is 20.6 Å². The normalized spacial score (nSPS) is 11.0. The number of para-hydroxylation sites is 1. The summed E-state index contributed by atoms with van der Waals surface area (Å²) in [5.74, 6) is -0.210. The minimum absolute atomic E-state index is 0.261. The van der Waals surface area contributed by atoms with Gasteiger partial charge < -0.3 is 10.1 Å². The molecular formula is C16H19N3O4S. The summed E-state index contributed by atoms with van der Waals surface area (Å²) in [6, 6.07) is 10.2. The van der Waals surface area contributed by atoms with E-state index in [-0.39, 0.29) is 12.3 Å². The number of sulfonamides is 1. The van der Waals surface area contributed by atoms with Crippen LogP contribution in [0.5, 0.6) is 5.75 Å². The van der Waals surface area contributed by atoms with Crippen LogP contribution < -0.4 is 14.8 Å². The SMILES string of the molecule is CCOc1ccccc1CS(=O)(=O)NCC(=O)Nc1cccnc1. The highest BCUT2D eigenvalue weighted by atomic mass is 32.2. The van der Waals surface area contributed by atoms with Crippen molar-refractivity contribution in [3.05, 3.63) is 54.4 Å². The third-order valence-corrected chi connectivity index (χ3v) is 4.29. The summed E-state index contributed by atoms with van der Waals surface area (Å²) in [6.07, 6.45) is 3.05. The Morgan fingerprint density at radius 3 is 2.71 bits per heavy atom. The molecule has 0 aliphatic heterocycles. The Kier molecular flexibility index (Phi) is 6.28. The monoisotopic (exact) mass is 349 g/mol. The van der Waals surface area contributed by atoms with Crippen molar-refractivity contribution in [1.82, 2.24) is 9.71 Å². The Labute approximate surface area is 141 Å². The van der Waals surface area contributed by atoms with E-state index >= 15 is 0 Å². The highest BCUT2D eigenvalue weighted by Crippen LogP contribution is 2.20. The van der Waals surface area contributed by atoms with E-state index in [1.165, 1.54) is 6.20 Å². The second-order valence-corrected chi connectivity index (χ2v) is 6.72. The lowest BCUT2D eigenvalue weighted by Gasteiger charge is -2.11. The van der Waals surface area contributed by atoms with Gasteiger partial charge in [0.25, 0.3) is 0 Å². The molecule has 2 aromatic rings. The Bertz CT molecular complexity index is 779. The summed E-state index contributed by atoms with van der Waals surface area (Å²) in [7, 11) is -3.67. The van der Waals surface area contributed by atoms with Gasteiger partial charge >= 0.3 is 0 Å². The first-order valence-corrected chi connectivity index (χ1v) is 9.03. The Morgan fingerprint density at radius 2 is 2.00 bits per heavy atom. The fraction of sp³-hybridized carbons (Fsp3) is 0.250. The number of nitrogens with zero attached hydrogens (tertiary/aromatic N) is 1. The van der Waals surface area contributed by atoms with Gasteiger partial charge in [0.15, 0.2) is 0 Å². The van der Waals surface area contributed by atoms with Gasteiger partial charge in [0.2, 0.25) is 15.9 Å². The third kappa shape index (κ3) is 5.64. The van der Waals surface area contributed by atoms with Crippen LogP contribution in [0, 0.1) is 0 Å². The lowest BCUT2D eigenvalue weighted by Crippen LogP contribution is -2.33. The number of rotatable bonds is 8. The van der Waals surface area contributed by atoms with E-state index < -0.39 is 15.9 Å². The first-order valence-electron chi connectivity index (χ1n) is 7.38. The zero-order chi connectivity index (χ0) is 17.4. The molecule has 0 spiro atoms. The van der Waals surface area contributed by atoms with Crippen LogP contribution in [-0.4, -0.2) is 32.5 Å². The number of amides is 1. The molecule has 1 aromatic heterocycles. The quantitative estimate of drug-likeness (QED) is 0.753. The number of carbonyl (C=O) groups is 1. The molecule has 1 aromatic carbocycles. The van der Waals surface area contributed by atoms with Crippen molar-refractivity contribution < 1.29 is 17.9 Å². The van der Waals surface area contributed by atoms with Crippen molar-refractivity contribution in [2.24, 2.45) is 0 Å². The van der Waals surface area contributed by atoms with E-state index in [2.05, 4.69) is 15.0 Å². The van der Waals surface area contributed by atoms with Gasteiger partial charge in [0.1, 0.15) is 5.75 Å². The van der Waals surface area contributed by atoms with Crippen LogP contribution in [0.3, 0.4) is 0 Å². The van der Waals surface area contributed by atoms with Gasteiger partial charge in [-0.25, -0.2) is 13.1 Å². The smallest absolute Gasteiger partial charge is 0.239 e. The highest BCUT2D eigenvalue weighted by Gasteiger charge is 2.16. The van der Waals surface area contributed by atoms with Crippen molar-refractivity contribution in [2.45, 2.75) is 12.7 Å². The maximum absolute atomic E-state index is 12.2. The summed E-state index contributed by atoms with van der Waals surface area (Å²) in [6.45, 7) is 1.92. The second-order valence-electron chi connectivity index (χ2n) is 4.91. The lowest BCUT2D eigenvalue weighted by molar-refractivity contribution is -0.115. The van der Waals surface area contributed by atoms with Gasteiger partial charge in [-0.05, 0) is 25.1 Å². The Morgan fingerprint density at radius 1 is 1.21 bits per heavy atom. The predicted octanol–water partition coefficient (Wildman–Crippen LogP) is 1.54. The summed E-state index contributed by atoms with van der Waals surface area (Å²) in [4.78, 5) is 15.7. The van der Waals surface area contributed by atoms with E-state index in [0.29, 0.717) is 23.6 Å². The number of carbonyl (C=O) groups excluding carboxylic acids is 1. The first kappa shape index (κ1) is 17.9. The van der Waals surface area contributed by atoms with Gasteiger partial charge in [-0.15, -0.1) is 0 Å². The number of benzene rings is 1. The van der Waals surface area contributed by atoms with E-state index in [4.69, 9.17) is 4.74 Å². The molecule has 0 saturated heterocycles. The molecule has 0 aliphatic rings. The molecule has 0 aliphatic carbocycles. The topological polar surface area (TPSA) is 97.4 Å².